The molecule has 2 saturated heterocycles. The lowest BCUT2D eigenvalue weighted by Gasteiger charge is -2.44. The van der Waals surface area contributed by atoms with E-state index < -0.39 is 11.7 Å². The summed E-state index contributed by atoms with van der Waals surface area (Å²) >= 11 is 25.2. The number of likely N-dealkylation sites (N-methyl/N-ethyl adjacent to an activating group) is 1. The number of halogens is 4. The predicted molar refractivity (Wildman–Crippen MR) is 249 cm³/mol. The summed E-state index contributed by atoms with van der Waals surface area (Å²) in [5.41, 5.74) is 4.91. The van der Waals surface area contributed by atoms with Crippen molar-refractivity contribution in [2.75, 3.05) is 33.2 Å². The lowest BCUT2D eigenvalue weighted by Crippen LogP contribution is -2.57. The molecule has 3 N–H and O–H groups in total. The minimum absolute atomic E-state index is 0.00476. The van der Waals surface area contributed by atoms with Gasteiger partial charge in [0, 0.05) is 115 Å². The van der Waals surface area contributed by atoms with Crippen LogP contribution in [0.15, 0.2) is 91.3 Å². The highest BCUT2D eigenvalue weighted by Gasteiger charge is 2.35. The van der Waals surface area contributed by atoms with Gasteiger partial charge in [-0.25, -0.2) is 0 Å². The Balaban J connectivity index is 0.000000190. The van der Waals surface area contributed by atoms with Gasteiger partial charge in [0.05, 0.1) is 26.7 Å². The van der Waals surface area contributed by atoms with Gasteiger partial charge < -0.3 is 25.1 Å². The fourth-order valence-electron chi connectivity index (χ4n) is 8.42. The number of carbonyl (C=O) groups is 4. The number of ketones is 1. The number of hydrogen-bond acceptors (Lipinski definition) is 6. The van der Waals surface area contributed by atoms with Gasteiger partial charge in [-0.15, -0.1) is 0 Å². The third-order valence-electron chi connectivity index (χ3n) is 11.9. The number of aromatic nitrogens is 2. The second-order valence-corrected chi connectivity index (χ2v) is 18.0. The topological polar surface area (TPSA) is 125 Å². The third kappa shape index (κ3) is 9.84. The molecule has 2 aromatic heterocycles. The average Bonchev–Trinajstić information content (AvgIpc) is 3.88. The highest BCUT2D eigenvalue weighted by Crippen LogP contribution is 2.31. The van der Waals surface area contributed by atoms with E-state index >= 15 is 0 Å². The van der Waals surface area contributed by atoms with Crippen molar-refractivity contribution in [3.63, 3.8) is 0 Å². The van der Waals surface area contributed by atoms with E-state index in [0.29, 0.717) is 56.7 Å². The summed E-state index contributed by atoms with van der Waals surface area (Å²) in [6.45, 7) is 12.6. The number of piperazine rings is 2. The summed E-state index contributed by atoms with van der Waals surface area (Å²) in [6, 6.07) is 25.1. The van der Waals surface area contributed by atoms with Crippen LogP contribution in [0.1, 0.15) is 69.9 Å². The first-order valence-corrected chi connectivity index (χ1v) is 22.1. The van der Waals surface area contributed by atoms with Crippen molar-refractivity contribution in [2.45, 2.75) is 65.0 Å². The molecule has 4 heterocycles. The first-order valence-electron chi connectivity index (χ1n) is 20.5. The van der Waals surface area contributed by atoms with Gasteiger partial charge in [-0.2, -0.15) is 0 Å². The number of fused-ring (bicyclic) bond motifs is 2. The number of carbonyl (C=O) groups excluding carboxylic acids is 4. The van der Waals surface area contributed by atoms with E-state index in [2.05, 4.69) is 51.9 Å². The molecular weight excluding hydrogens is 868 g/mol. The van der Waals surface area contributed by atoms with Crippen LogP contribution in [-0.4, -0.2) is 110 Å². The van der Waals surface area contributed by atoms with Gasteiger partial charge in [0.15, 0.2) is 0 Å². The van der Waals surface area contributed by atoms with Crippen LogP contribution in [0, 0.1) is 0 Å². The van der Waals surface area contributed by atoms with E-state index in [1.807, 2.05) is 83.6 Å². The van der Waals surface area contributed by atoms with Gasteiger partial charge in [-0.1, -0.05) is 70.7 Å². The third-order valence-corrected chi connectivity index (χ3v) is 12.9. The molecule has 3 amide bonds. The van der Waals surface area contributed by atoms with E-state index in [1.54, 1.807) is 12.1 Å². The number of nitrogens with zero attached hydrogens (tertiary/aromatic N) is 4. The average molecular weight is 918 g/mol. The van der Waals surface area contributed by atoms with Crippen LogP contribution in [0.4, 0.5) is 0 Å². The molecule has 324 valence electrons. The molecule has 2 fully saturated rings. The molecule has 4 aromatic carbocycles. The maximum atomic E-state index is 13.6. The summed E-state index contributed by atoms with van der Waals surface area (Å²) in [6.07, 6.45) is 3.32. The van der Waals surface area contributed by atoms with Crippen LogP contribution in [0.2, 0.25) is 20.1 Å². The molecule has 0 bridgehead atoms. The zero-order valence-electron chi connectivity index (χ0n) is 35.1. The van der Waals surface area contributed by atoms with Crippen LogP contribution >= 0.6 is 46.4 Å². The minimum atomic E-state index is -0.720. The fraction of sp³-hybridized carbons (Fsp3) is 0.319. The molecule has 0 radical (unpaired) electrons. The van der Waals surface area contributed by atoms with Crippen molar-refractivity contribution in [3.05, 3.63) is 139 Å². The van der Waals surface area contributed by atoms with Gasteiger partial charge in [0.2, 0.25) is 0 Å². The maximum Gasteiger partial charge on any atom is 0.292 e. The largest absolute Gasteiger partial charge is 0.361 e. The van der Waals surface area contributed by atoms with Crippen molar-refractivity contribution in [2.24, 2.45) is 0 Å². The molecule has 4 atom stereocenters. The van der Waals surface area contributed by atoms with Crippen LogP contribution in [0.3, 0.4) is 0 Å². The summed E-state index contributed by atoms with van der Waals surface area (Å²) in [5, 5.41) is 6.05. The number of nitrogens with one attached hydrogen (secondary N) is 3. The van der Waals surface area contributed by atoms with E-state index in [0.717, 1.165) is 41.1 Å². The molecule has 2 aliphatic heterocycles. The summed E-state index contributed by atoms with van der Waals surface area (Å²) in [7, 11) is 1.40. The van der Waals surface area contributed by atoms with Crippen molar-refractivity contribution in [1.82, 2.24) is 34.9 Å². The van der Waals surface area contributed by atoms with Crippen molar-refractivity contribution >= 4 is 91.7 Å². The van der Waals surface area contributed by atoms with E-state index in [4.69, 9.17) is 46.4 Å². The van der Waals surface area contributed by atoms with Crippen LogP contribution in [-0.2, 0) is 17.9 Å². The van der Waals surface area contributed by atoms with Gasteiger partial charge in [-0.05, 0) is 93.4 Å². The Hall–Kier alpha value is -4.88. The predicted octanol–water partition coefficient (Wildman–Crippen LogP) is 9.35. The number of benzene rings is 4. The van der Waals surface area contributed by atoms with Gasteiger partial charge in [0.1, 0.15) is 0 Å². The Kier molecular flexibility index (Phi) is 14.0. The molecule has 62 heavy (non-hydrogen) atoms. The van der Waals surface area contributed by atoms with Crippen LogP contribution < -0.4 is 5.32 Å². The second kappa shape index (κ2) is 19.2. The first-order chi connectivity index (χ1) is 29.6. The van der Waals surface area contributed by atoms with Gasteiger partial charge in [0.25, 0.3) is 23.5 Å². The minimum Gasteiger partial charge on any atom is -0.361 e. The Labute approximate surface area is 381 Å². The van der Waals surface area contributed by atoms with Crippen LogP contribution in [0.5, 0.6) is 0 Å². The smallest absolute Gasteiger partial charge is 0.292 e. The van der Waals surface area contributed by atoms with E-state index in [9.17, 15) is 19.2 Å². The highest BCUT2D eigenvalue weighted by atomic mass is 35.5. The number of rotatable bonds is 8. The maximum absolute atomic E-state index is 13.6. The standard InChI is InChI=1S/C25H26Cl2N4O3.C22H23Cl2N3O/c1-14-12-31(15(2)11-30(14)13-16-5-4-6-17(26)7-16)25(34)19-8-18-20(23(32)24(33)28-3)10-29-22(18)9-21(19)27;1-14-12-27(15(2)11-26(14)13-16-4-3-5-18(23)8-16)22(28)19-9-17-6-7-25-21(17)10-20(19)24/h4-10,14-15,29H,11-13H2,1-3H3,(H,28,33);3-10,14-15,25H,11-13H2,1-2H3/t2*14-,15+/m00/s1. The van der Waals surface area contributed by atoms with E-state index in [-0.39, 0.29) is 41.5 Å². The second-order valence-electron chi connectivity index (χ2n) is 16.3. The normalized spacial score (nSPS) is 19.6. The first kappa shape index (κ1) is 45.2. The molecule has 8 rings (SSSR count). The van der Waals surface area contributed by atoms with Gasteiger partial charge in [-0.3, -0.25) is 29.0 Å². The molecule has 15 heteroatoms. The van der Waals surface area contributed by atoms with Crippen molar-refractivity contribution < 1.29 is 19.2 Å². The SMILES string of the molecule is CNC(=O)C(=O)c1c[nH]c2cc(Cl)c(C(=O)N3C[C@H](C)N(Cc4cccc(Cl)c4)C[C@H]3C)cc12.C[C@@H]1CN(Cc2cccc(Cl)c2)[C@@H](C)CN1C(=O)c1cc2cc[nH]c2cc1Cl. The number of amides is 3. The number of Topliss-reactive ketones (excluding diaryl/α,β-unsaturated/α-hetero) is 1. The Morgan fingerprint density at radius 3 is 1.65 bits per heavy atom. The van der Waals surface area contributed by atoms with Crippen molar-refractivity contribution in [3.8, 4) is 0 Å². The van der Waals surface area contributed by atoms with Crippen LogP contribution in [0.25, 0.3) is 21.8 Å². The number of aromatic amines is 2. The molecule has 11 nitrogen and oxygen atoms in total. The quantitative estimate of drug-likeness (QED) is 0.103. The summed E-state index contributed by atoms with van der Waals surface area (Å²) < 4.78 is 0. The summed E-state index contributed by atoms with van der Waals surface area (Å²) in [5.74, 6) is -1.60. The molecule has 0 spiro atoms. The lowest BCUT2D eigenvalue weighted by atomic mass is 10.0. The van der Waals surface area contributed by atoms with E-state index in [1.165, 1.54) is 18.8 Å². The molecular formula is C47H49Cl4N7O4. The number of hydrogen-bond donors (Lipinski definition) is 3. The highest BCUT2D eigenvalue weighted by molar-refractivity contribution is 6.45. The monoisotopic (exact) mass is 915 g/mol. The molecule has 0 unspecified atom stereocenters. The molecule has 0 aliphatic carbocycles. The Morgan fingerprint density at radius 2 is 1.13 bits per heavy atom. The summed E-state index contributed by atoms with van der Waals surface area (Å²) in [4.78, 5) is 65.7. The molecule has 6 aromatic rings. The zero-order chi connectivity index (χ0) is 44.4. The molecule has 2 aliphatic rings. The lowest BCUT2D eigenvalue weighted by molar-refractivity contribution is -0.116. The van der Waals surface area contributed by atoms with Crippen molar-refractivity contribution in [1.29, 1.82) is 0 Å². The molecule has 0 saturated carbocycles. The zero-order valence-corrected chi connectivity index (χ0v) is 38.2. The number of H-pyrrole nitrogens is 2. The Morgan fingerprint density at radius 1 is 0.613 bits per heavy atom. The fourth-order valence-corrected chi connectivity index (χ4v) is 9.34. The van der Waals surface area contributed by atoms with Gasteiger partial charge >= 0.3 is 0 Å². The Bertz CT molecular complexity index is 2650.